The summed E-state index contributed by atoms with van der Waals surface area (Å²) in [5.41, 5.74) is 10.6. The van der Waals surface area contributed by atoms with Crippen molar-refractivity contribution in [1.29, 1.82) is 0 Å². The summed E-state index contributed by atoms with van der Waals surface area (Å²) in [4.78, 5) is 90.2. The number of hydrogen-bond donors (Lipinski definition) is 11. The van der Waals surface area contributed by atoms with Crippen molar-refractivity contribution in [1.82, 2.24) is 26.6 Å². The van der Waals surface area contributed by atoms with Crippen LogP contribution in [0.25, 0.3) is 0 Å². The van der Waals surface area contributed by atoms with E-state index in [1.165, 1.54) is 39.7 Å². The second-order valence-electron chi connectivity index (χ2n) is 14.1. The molecule has 0 aliphatic carbocycles. The molecule has 1 saturated heterocycles. The second kappa shape index (κ2) is 27.8. The molecule has 19 nitrogen and oxygen atoms in total. The zero-order valence-electron chi connectivity index (χ0n) is 33.1. The van der Waals surface area contributed by atoms with E-state index in [1.54, 1.807) is 18.2 Å². The third-order valence-corrected chi connectivity index (χ3v) is 9.04. The molecule has 0 aromatic heterocycles. The number of hydrogen-bond acceptors (Lipinski definition) is 12. The van der Waals surface area contributed by atoms with E-state index in [4.69, 9.17) is 16.2 Å². The van der Waals surface area contributed by atoms with E-state index in [0.29, 0.717) is 0 Å². The quantitative estimate of drug-likeness (QED) is 0.0432. The minimum absolute atomic E-state index is 0.0449. The topological polar surface area (TPSA) is 322 Å². The molecule has 1 aliphatic rings. The lowest BCUT2D eigenvalue weighted by molar-refractivity contribution is -0.137. The zero-order chi connectivity index (χ0) is 42.9. The van der Waals surface area contributed by atoms with Crippen molar-refractivity contribution in [2.24, 2.45) is 17.4 Å². The number of ether oxygens (including phenoxy) is 1. The normalized spacial score (nSPS) is 24.9. The van der Waals surface area contributed by atoms with Gasteiger partial charge in [-0.05, 0) is 19.3 Å². The van der Waals surface area contributed by atoms with Gasteiger partial charge in [0.1, 0.15) is 18.1 Å². The summed E-state index contributed by atoms with van der Waals surface area (Å²) in [6.07, 6.45) is 9.81. The first-order valence-corrected chi connectivity index (χ1v) is 19.3. The maximum absolute atomic E-state index is 13.7. The number of rotatable bonds is 21. The van der Waals surface area contributed by atoms with Gasteiger partial charge >= 0.3 is 0 Å². The van der Waals surface area contributed by atoms with Crippen LogP contribution in [-0.4, -0.2) is 131 Å². The van der Waals surface area contributed by atoms with Crippen molar-refractivity contribution >= 4 is 41.4 Å². The molecule has 57 heavy (non-hydrogen) atoms. The second-order valence-corrected chi connectivity index (χ2v) is 14.1. The Balaban J connectivity index is 3.37. The SMILES string of the molecule is CCCCCCC/C=C/C=C/C=C/[C@H](C[C@H](O)C[C@H]1NC(=O)[C@H](C[C@H](O)CO)NC(=O)[C@@H](CC(N)=O)NC(=O)[C@H](CC(N)=O)NC(=O)[C@H](C)CNC(=O)[C@H]1O)OC. The number of nitrogens with two attached hydrogens (primary N) is 2. The highest BCUT2D eigenvalue weighted by Gasteiger charge is 2.36. The Hall–Kier alpha value is -4.69. The van der Waals surface area contributed by atoms with Crippen LogP contribution < -0.4 is 38.1 Å². The van der Waals surface area contributed by atoms with E-state index in [-0.39, 0.29) is 6.42 Å². The molecule has 0 aromatic carbocycles. The van der Waals surface area contributed by atoms with Crippen LogP contribution in [0.15, 0.2) is 36.5 Å². The molecule has 1 heterocycles. The maximum Gasteiger partial charge on any atom is 0.251 e. The van der Waals surface area contributed by atoms with Crippen LogP contribution >= 0.6 is 0 Å². The van der Waals surface area contributed by atoms with Crippen molar-refractivity contribution < 1.29 is 58.7 Å². The van der Waals surface area contributed by atoms with E-state index in [1.807, 2.05) is 12.2 Å². The predicted octanol–water partition coefficient (Wildman–Crippen LogP) is -2.27. The van der Waals surface area contributed by atoms with Crippen LogP contribution in [0.5, 0.6) is 0 Å². The van der Waals surface area contributed by atoms with E-state index < -0.39 is 135 Å². The molecule has 1 aliphatic heterocycles. The van der Waals surface area contributed by atoms with Crippen molar-refractivity contribution in [2.45, 2.75) is 133 Å². The van der Waals surface area contributed by atoms with Gasteiger partial charge in [0.2, 0.25) is 35.4 Å². The molecule has 1 rings (SSSR count). The average molecular weight is 810 g/mol. The lowest BCUT2D eigenvalue weighted by Crippen LogP contribution is -2.60. The number of carbonyl (C=O) groups is 7. The van der Waals surface area contributed by atoms with Crippen molar-refractivity contribution in [2.75, 3.05) is 20.3 Å². The molecule has 322 valence electrons. The third-order valence-electron chi connectivity index (χ3n) is 9.04. The standard InChI is InChI=1S/C38H63N7O12/c1-4-5-6-7-8-9-10-11-12-13-14-15-26(57-3)16-24(47)17-27-33(51)38(56)41-21-23(2)34(52)43-29(19-31(39)49)36(54)45-30(20-32(40)50)37(55)44-28(35(53)42-27)18-25(48)22-46/h10-15,23-30,33,46-48,51H,4-9,16-22H2,1-3H3,(H2,39,49)(H2,40,50)(H,41,56)(H,42,53)(H,43,52)(H,44,55)(H,45,54)/b11-10+,13-12+,15-14+/t23-,24+,25+,26-,27-,28+,29+,30-,33+/m1/s1. The average Bonchev–Trinajstić information content (AvgIpc) is 3.15. The predicted molar refractivity (Wildman–Crippen MR) is 208 cm³/mol. The van der Waals surface area contributed by atoms with Crippen LogP contribution in [-0.2, 0) is 38.3 Å². The van der Waals surface area contributed by atoms with Gasteiger partial charge in [-0.25, -0.2) is 0 Å². The highest BCUT2D eigenvalue weighted by atomic mass is 16.5. The first-order chi connectivity index (χ1) is 27.0. The maximum atomic E-state index is 13.7. The number of allylic oxidation sites excluding steroid dienone is 5. The van der Waals surface area contributed by atoms with Gasteiger partial charge in [-0.1, -0.05) is 76.0 Å². The number of aliphatic hydroxyl groups excluding tert-OH is 4. The molecule has 0 unspecified atom stereocenters. The van der Waals surface area contributed by atoms with Gasteiger partial charge in [0.05, 0.1) is 49.7 Å². The minimum Gasteiger partial charge on any atom is -0.394 e. The van der Waals surface area contributed by atoms with Crippen LogP contribution in [0.3, 0.4) is 0 Å². The molecule has 13 N–H and O–H groups in total. The number of carbonyl (C=O) groups excluding carboxylic acids is 7. The van der Waals surface area contributed by atoms with Gasteiger partial charge < -0.3 is 63.2 Å². The van der Waals surface area contributed by atoms with Crippen LogP contribution in [0.2, 0.25) is 0 Å². The lowest BCUT2D eigenvalue weighted by Gasteiger charge is -2.29. The molecule has 19 heteroatoms. The third kappa shape index (κ3) is 20.9. The first kappa shape index (κ1) is 50.3. The van der Waals surface area contributed by atoms with Crippen molar-refractivity contribution in [3.8, 4) is 0 Å². The van der Waals surface area contributed by atoms with Crippen molar-refractivity contribution in [3.05, 3.63) is 36.5 Å². The molecule has 7 amide bonds. The van der Waals surface area contributed by atoms with Gasteiger partial charge in [0.15, 0.2) is 6.10 Å². The summed E-state index contributed by atoms with van der Waals surface area (Å²) in [5, 5.41) is 53.6. The Morgan fingerprint density at radius 2 is 1.33 bits per heavy atom. The van der Waals surface area contributed by atoms with Gasteiger partial charge in [-0.15, -0.1) is 0 Å². The summed E-state index contributed by atoms with van der Waals surface area (Å²) in [5.74, 6) is -8.44. The number of aliphatic hydroxyl groups is 4. The smallest absolute Gasteiger partial charge is 0.251 e. The highest BCUT2D eigenvalue weighted by Crippen LogP contribution is 2.14. The number of amides is 7. The largest absolute Gasteiger partial charge is 0.394 e. The van der Waals surface area contributed by atoms with Gasteiger partial charge in [-0.3, -0.25) is 33.6 Å². The Kier molecular flexibility index (Phi) is 24.6. The fraction of sp³-hybridized carbons (Fsp3) is 0.658. The number of primary amides is 2. The number of methoxy groups -OCH3 is 1. The molecule has 9 atom stereocenters. The van der Waals surface area contributed by atoms with Gasteiger partial charge in [-0.2, -0.15) is 0 Å². The van der Waals surface area contributed by atoms with Crippen LogP contribution in [0.1, 0.15) is 84.5 Å². The fourth-order valence-corrected chi connectivity index (χ4v) is 5.71. The number of unbranched alkanes of at least 4 members (excludes halogenated alkanes) is 5. The molecule has 0 spiro atoms. The summed E-state index contributed by atoms with van der Waals surface area (Å²) in [7, 11) is 1.42. The molecule has 0 radical (unpaired) electrons. The minimum atomic E-state index is -2.04. The first-order valence-electron chi connectivity index (χ1n) is 19.3. The van der Waals surface area contributed by atoms with E-state index in [0.717, 1.165) is 12.8 Å². The molecule has 0 saturated carbocycles. The van der Waals surface area contributed by atoms with E-state index >= 15 is 0 Å². The fourth-order valence-electron chi connectivity index (χ4n) is 5.71. The lowest BCUT2D eigenvalue weighted by atomic mass is 9.97. The van der Waals surface area contributed by atoms with E-state index in [2.05, 4.69) is 39.6 Å². The van der Waals surface area contributed by atoms with E-state index in [9.17, 15) is 54.0 Å². The number of nitrogens with one attached hydrogen (secondary N) is 5. The van der Waals surface area contributed by atoms with Crippen molar-refractivity contribution in [3.63, 3.8) is 0 Å². The Morgan fingerprint density at radius 1 is 0.772 bits per heavy atom. The molecular weight excluding hydrogens is 746 g/mol. The monoisotopic (exact) mass is 809 g/mol. The molecule has 1 fully saturated rings. The summed E-state index contributed by atoms with van der Waals surface area (Å²) < 4.78 is 5.47. The van der Waals surface area contributed by atoms with Crippen LogP contribution in [0.4, 0.5) is 0 Å². The summed E-state index contributed by atoms with van der Waals surface area (Å²) in [6.45, 7) is 2.28. The summed E-state index contributed by atoms with van der Waals surface area (Å²) in [6, 6.07) is -6.66. The highest BCUT2D eigenvalue weighted by molar-refractivity contribution is 5.98. The molecular formula is C38H63N7O12. The Bertz CT molecular complexity index is 1410. The zero-order valence-corrected chi connectivity index (χ0v) is 33.1. The van der Waals surface area contributed by atoms with Crippen LogP contribution in [0, 0.1) is 5.92 Å². The molecule has 0 bridgehead atoms. The summed E-state index contributed by atoms with van der Waals surface area (Å²) >= 11 is 0. The Labute approximate surface area is 333 Å². The van der Waals surface area contributed by atoms with Gasteiger partial charge in [0.25, 0.3) is 5.91 Å². The van der Waals surface area contributed by atoms with Gasteiger partial charge in [0, 0.05) is 26.5 Å². The Morgan fingerprint density at radius 3 is 1.91 bits per heavy atom. The molecule has 0 aromatic rings.